The third kappa shape index (κ3) is 5.75. The molecule has 0 amide bonds. The topological polar surface area (TPSA) is 74.5 Å². The molecule has 1 aliphatic heterocycles. The van der Waals surface area contributed by atoms with Crippen molar-refractivity contribution in [2.75, 3.05) is 39.2 Å². The summed E-state index contributed by atoms with van der Waals surface area (Å²) in [6, 6.07) is 17.9. The summed E-state index contributed by atoms with van der Waals surface area (Å²) >= 11 is 1.52. The van der Waals surface area contributed by atoms with Crippen molar-refractivity contribution in [2.24, 2.45) is 0 Å². The average molecular weight is 462 g/mol. The number of anilines is 1. The van der Waals surface area contributed by atoms with Gasteiger partial charge >= 0.3 is 0 Å². The molecule has 1 aromatic heterocycles. The zero-order chi connectivity index (χ0) is 23.2. The summed E-state index contributed by atoms with van der Waals surface area (Å²) < 4.78 is 11.5. The summed E-state index contributed by atoms with van der Waals surface area (Å²) in [6.45, 7) is 2.18. The fourth-order valence-corrected chi connectivity index (χ4v) is 4.48. The van der Waals surface area contributed by atoms with Crippen LogP contribution in [0.1, 0.15) is 17.5 Å². The van der Waals surface area contributed by atoms with Gasteiger partial charge in [0.1, 0.15) is 12.4 Å². The van der Waals surface area contributed by atoms with Crippen molar-refractivity contribution < 1.29 is 9.47 Å². The molecule has 8 heteroatoms. The van der Waals surface area contributed by atoms with Crippen LogP contribution in [0.25, 0.3) is 0 Å². The number of nitriles is 1. The highest BCUT2D eigenvalue weighted by molar-refractivity contribution is 7.99. The monoisotopic (exact) mass is 461 g/mol. The molecule has 0 N–H and O–H groups in total. The van der Waals surface area contributed by atoms with Gasteiger partial charge in [-0.15, -0.1) is 0 Å². The van der Waals surface area contributed by atoms with E-state index in [0.717, 1.165) is 40.6 Å². The lowest BCUT2D eigenvalue weighted by Gasteiger charge is -2.21. The van der Waals surface area contributed by atoms with E-state index < -0.39 is 0 Å². The Hall–Kier alpha value is -3.28. The first kappa shape index (κ1) is 22.9. The van der Waals surface area contributed by atoms with Crippen molar-refractivity contribution in [3.05, 3.63) is 65.9 Å². The fraction of sp³-hybridized carbons (Fsp3) is 0.320. The largest absolute Gasteiger partial charge is 0.497 e. The van der Waals surface area contributed by atoms with Crippen LogP contribution in [0.3, 0.4) is 0 Å². The lowest BCUT2D eigenvalue weighted by atomic mass is 10.2. The lowest BCUT2D eigenvalue weighted by molar-refractivity contribution is 0.284. The molecule has 7 nitrogen and oxygen atoms in total. The van der Waals surface area contributed by atoms with Crippen molar-refractivity contribution in [2.45, 2.75) is 28.9 Å². The zero-order valence-electron chi connectivity index (χ0n) is 19.1. The first-order valence-corrected chi connectivity index (χ1v) is 11.6. The van der Waals surface area contributed by atoms with Gasteiger partial charge in [0, 0.05) is 24.0 Å². The second kappa shape index (κ2) is 10.6. The van der Waals surface area contributed by atoms with Crippen molar-refractivity contribution in [1.29, 1.82) is 5.26 Å². The molecule has 33 heavy (non-hydrogen) atoms. The summed E-state index contributed by atoms with van der Waals surface area (Å²) in [5, 5.41) is 9.05. The van der Waals surface area contributed by atoms with Crippen LogP contribution in [0.2, 0.25) is 0 Å². The van der Waals surface area contributed by atoms with Crippen LogP contribution in [0, 0.1) is 11.3 Å². The summed E-state index contributed by atoms with van der Waals surface area (Å²) in [7, 11) is 5.87. The first-order chi connectivity index (χ1) is 16.1. The molecule has 1 atom stereocenters. The SMILES string of the molecule is COc1cccc(COc2nc(N3CCC(N(C)C)C3)ncc2Sc2ccc(C#N)cc2)c1. The predicted octanol–water partition coefficient (Wildman–Crippen LogP) is 4.23. The van der Waals surface area contributed by atoms with Crippen LogP contribution in [0.4, 0.5) is 5.95 Å². The van der Waals surface area contributed by atoms with Gasteiger partial charge in [0.05, 0.1) is 29.8 Å². The van der Waals surface area contributed by atoms with Gasteiger partial charge in [0.25, 0.3) is 0 Å². The quantitative estimate of drug-likeness (QED) is 0.493. The maximum Gasteiger partial charge on any atom is 0.232 e. The Morgan fingerprint density at radius 3 is 2.73 bits per heavy atom. The highest BCUT2D eigenvalue weighted by atomic mass is 32.2. The number of ether oxygens (including phenoxy) is 2. The van der Waals surface area contributed by atoms with Crippen molar-refractivity contribution in [3.8, 4) is 17.7 Å². The molecule has 1 saturated heterocycles. The second-order valence-electron chi connectivity index (χ2n) is 8.07. The average Bonchev–Trinajstić information content (AvgIpc) is 3.35. The highest BCUT2D eigenvalue weighted by Gasteiger charge is 2.26. The molecule has 2 aromatic carbocycles. The molecule has 2 heterocycles. The molecule has 0 bridgehead atoms. The molecule has 1 fully saturated rings. The van der Waals surface area contributed by atoms with E-state index in [4.69, 9.17) is 19.7 Å². The fourth-order valence-electron chi connectivity index (χ4n) is 3.66. The number of benzene rings is 2. The molecular weight excluding hydrogens is 434 g/mol. The minimum absolute atomic E-state index is 0.370. The Labute approximate surface area is 199 Å². The lowest BCUT2D eigenvalue weighted by Crippen LogP contribution is -2.32. The van der Waals surface area contributed by atoms with E-state index in [1.54, 1.807) is 19.2 Å². The minimum atomic E-state index is 0.370. The Bertz CT molecular complexity index is 1130. The van der Waals surface area contributed by atoms with Crippen molar-refractivity contribution >= 4 is 17.7 Å². The molecule has 0 aliphatic carbocycles. The van der Waals surface area contributed by atoms with E-state index in [-0.39, 0.29) is 0 Å². The summed E-state index contributed by atoms with van der Waals surface area (Å²) in [5.74, 6) is 2.02. The van der Waals surface area contributed by atoms with Gasteiger partial charge in [-0.1, -0.05) is 23.9 Å². The van der Waals surface area contributed by atoms with Gasteiger partial charge < -0.3 is 19.3 Å². The number of aromatic nitrogens is 2. The maximum absolute atomic E-state index is 9.05. The highest BCUT2D eigenvalue weighted by Crippen LogP contribution is 2.35. The molecule has 170 valence electrons. The van der Waals surface area contributed by atoms with E-state index in [1.165, 1.54) is 11.8 Å². The first-order valence-electron chi connectivity index (χ1n) is 10.8. The molecule has 0 spiro atoms. The standard InChI is InChI=1S/C25H27N5O2S/c1-29(2)20-11-12-30(16-20)25-27-15-23(33-22-9-7-18(14-26)8-10-22)24(28-25)32-17-19-5-4-6-21(13-19)31-3/h4-10,13,15,20H,11-12,16-17H2,1-3H3. The molecule has 4 rings (SSSR count). The number of hydrogen-bond donors (Lipinski definition) is 0. The Kier molecular flexibility index (Phi) is 7.33. The third-order valence-corrected chi connectivity index (χ3v) is 6.61. The van der Waals surface area contributed by atoms with Crippen LogP contribution < -0.4 is 14.4 Å². The Balaban J connectivity index is 1.58. The Morgan fingerprint density at radius 2 is 2.03 bits per heavy atom. The second-order valence-corrected chi connectivity index (χ2v) is 9.19. The molecule has 3 aromatic rings. The molecule has 0 saturated carbocycles. The molecular formula is C25H27N5O2S. The third-order valence-electron chi connectivity index (χ3n) is 5.61. The number of methoxy groups -OCH3 is 1. The van der Waals surface area contributed by atoms with Gasteiger partial charge in [-0.05, 0) is 62.5 Å². The van der Waals surface area contributed by atoms with Crippen molar-refractivity contribution in [1.82, 2.24) is 14.9 Å². The number of likely N-dealkylation sites (N-methyl/N-ethyl adjacent to an activating group) is 1. The minimum Gasteiger partial charge on any atom is -0.497 e. The van der Waals surface area contributed by atoms with Crippen LogP contribution in [0.15, 0.2) is 64.5 Å². The Morgan fingerprint density at radius 1 is 1.21 bits per heavy atom. The summed E-state index contributed by atoms with van der Waals surface area (Å²) in [5.41, 5.74) is 1.63. The normalized spacial score (nSPS) is 15.5. The number of rotatable bonds is 8. The maximum atomic E-state index is 9.05. The number of nitrogens with zero attached hydrogens (tertiary/aromatic N) is 5. The molecule has 0 radical (unpaired) electrons. The van der Waals surface area contributed by atoms with Crippen molar-refractivity contribution in [3.63, 3.8) is 0 Å². The summed E-state index contributed by atoms with van der Waals surface area (Å²) in [6.07, 6.45) is 2.91. The predicted molar refractivity (Wildman–Crippen MR) is 129 cm³/mol. The van der Waals surface area contributed by atoms with E-state index in [0.29, 0.717) is 30.0 Å². The van der Waals surface area contributed by atoms with Gasteiger partial charge in [-0.2, -0.15) is 10.2 Å². The number of hydrogen-bond acceptors (Lipinski definition) is 8. The van der Waals surface area contributed by atoms with Gasteiger partial charge in [0.15, 0.2) is 0 Å². The van der Waals surface area contributed by atoms with E-state index >= 15 is 0 Å². The van der Waals surface area contributed by atoms with Gasteiger partial charge in [-0.3, -0.25) is 0 Å². The van der Waals surface area contributed by atoms with E-state index in [9.17, 15) is 0 Å². The smallest absolute Gasteiger partial charge is 0.232 e. The summed E-state index contributed by atoms with van der Waals surface area (Å²) in [4.78, 5) is 15.7. The molecule has 1 aliphatic rings. The zero-order valence-corrected chi connectivity index (χ0v) is 19.9. The van der Waals surface area contributed by atoms with Crippen LogP contribution >= 0.6 is 11.8 Å². The van der Waals surface area contributed by atoms with Gasteiger partial charge in [-0.25, -0.2) is 4.98 Å². The van der Waals surface area contributed by atoms with E-state index in [2.05, 4.69) is 34.9 Å². The van der Waals surface area contributed by atoms with Crippen LogP contribution in [-0.2, 0) is 6.61 Å². The van der Waals surface area contributed by atoms with Crippen LogP contribution in [0.5, 0.6) is 11.6 Å². The van der Waals surface area contributed by atoms with Gasteiger partial charge in [0.2, 0.25) is 11.8 Å². The van der Waals surface area contributed by atoms with E-state index in [1.807, 2.05) is 42.6 Å². The molecule has 1 unspecified atom stereocenters. The van der Waals surface area contributed by atoms with Crippen LogP contribution in [-0.4, -0.2) is 55.2 Å².